The Balaban J connectivity index is 1.84. The summed E-state index contributed by atoms with van der Waals surface area (Å²) in [4.78, 5) is 25.6. The third-order valence-electron chi connectivity index (χ3n) is 5.12. The Hall–Kier alpha value is -2.15. The van der Waals surface area contributed by atoms with Crippen molar-refractivity contribution >= 4 is 11.6 Å². The maximum absolute atomic E-state index is 12.9. The molecule has 0 radical (unpaired) electrons. The van der Waals surface area contributed by atoms with Gasteiger partial charge >= 0.3 is 5.69 Å². The number of nitro groups is 1. The molecule has 0 unspecified atom stereocenters. The largest absolute Gasteiger partial charge is 0.484 e. The first-order valence-electron chi connectivity index (χ1n) is 8.87. The summed E-state index contributed by atoms with van der Waals surface area (Å²) in [6.45, 7) is 4.07. The third-order valence-corrected chi connectivity index (χ3v) is 5.12. The van der Waals surface area contributed by atoms with E-state index in [2.05, 4.69) is 5.32 Å². The molecular weight excluding hydrogens is 322 g/mol. The van der Waals surface area contributed by atoms with Crippen LogP contribution < -0.4 is 10.1 Å². The van der Waals surface area contributed by atoms with E-state index in [1.54, 1.807) is 6.07 Å². The molecule has 3 rings (SSSR count). The van der Waals surface area contributed by atoms with Gasteiger partial charge in [0.15, 0.2) is 5.75 Å². The highest BCUT2D eigenvalue weighted by Crippen LogP contribution is 2.37. The second kappa shape index (κ2) is 7.00. The molecule has 0 spiro atoms. The van der Waals surface area contributed by atoms with Crippen LogP contribution in [0.2, 0.25) is 0 Å². The monoisotopic (exact) mass is 347 g/mol. The van der Waals surface area contributed by atoms with E-state index in [0.717, 1.165) is 31.2 Å². The minimum atomic E-state index is -0.441. The van der Waals surface area contributed by atoms with E-state index in [1.807, 2.05) is 25.8 Å². The molecular formula is C18H25N3O4. The molecule has 136 valence electrons. The van der Waals surface area contributed by atoms with Gasteiger partial charge in [-0.3, -0.25) is 14.9 Å². The number of nitrogens with one attached hydrogen (secondary N) is 1. The number of carbonyl (C=O) groups is 1. The summed E-state index contributed by atoms with van der Waals surface area (Å²) in [6, 6.07) is 3.78. The Labute approximate surface area is 147 Å². The quantitative estimate of drug-likeness (QED) is 0.654. The van der Waals surface area contributed by atoms with Crippen LogP contribution in [0, 0.1) is 10.1 Å². The molecule has 0 aromatic heterocycles. The number of rotatable bonds is 5. The summed E-state index contributed by atoms with van der Waals surface area (Å²) < 4.78 is 5.57. The zero-order chi connectivity index (χ0) is 18.1. The summed E-state index contributed by atoms with van der Waals surface area (Å²) in [5, 5.41) is 14.7. The molecule has 1 amide bonds. The summed E-state index contributed by atoms with van der Waals surface area (Å²) in [6.07, 6.45) is 3.82. The number of carbonyl (C=O) groups excluding carboxylic acids is 1. The molecule has 7 heteroatoms. The standard InChI is InChI=1S/C18H25N3O4/c1-11(2)25-17-9-15-12(8-16(17)21(23)24)10-20(18(15)22)14-6-4-13(19-3)5-7-14/h8-9,11,13-14,19H,4-7,10H2,1-3H3. The van der Waals surface area contributed by atoms with Crippen LogP contribution in [0.1, 0.15) is 55.5 Å². The van der Waals surface area contributed by atoms with Crippen molar-refractivity contribution < 1.29 is 14.5 Å². The van der Waals surface area contributed by atoms with E-state index < -0.39 is 4.92 Å². The number of hydrogen-bond donors (Lipinski definition) is 1. The lowest BCUT2D eigenvalue weighted by molar-refractivity contribution is -0.386. The SMILES string of the molecule is CNC1CCC(N2Cc3cc([N+](=O)[O-])c(OC(C)C)cc3C2=O)CC1. The first-order valence-corrected chi connectivity index (χ1v) is 8.87. The first kappa shape index (κ1) is 17.7. The topological polar surface area (TPSA) is 84.7 Å². The fourth-order valence-electron chi connectivity index (χ4n) is 3.81. The van der Waals surface area contributed by atoms with Crippen molar-refractivity contribution in [3.05, 3.63) is 33.4 Å². The van der Waals surface area contributed by atoms with Crippen molar-refractivity contribution in [2.45, 2.75) is 64.3 Å². The number of ether oxygens (including phenoxy) is 1. The van der Waals surface area contributed by atoms with Gasteiger partial charge in [0.25, 0.3) is 5.91 Å². The lowest BCUT2D eigenvalue weighted by Crippen LogP contribution is -2.41. The van der Waals surface area contributed by atoms with Gasteiger partial charge < -0.3 is 15.0 Å². The third kappa shape index (κ3) is 3.46. The van der Waals surface area contributed by atoms with E-state index in [4.69, 9.17) is 4.74 Å². The molecule has 0 saturated heterocycles. The average Bonchev–Trinajstić information content (AvgIpc) is 2.90. The van der Waals surface area contributed by atoms with Crippen LogP contribution in [0.3, 0.4) is 0 Å². The number of fused-ring (bicyclic) bond motifs is 1. The highest BCUT2D eigenvalue weighted by molar-refractivity contribution is 5.99. The molecule has 1 fully saturated rings. The van der Waals surface area contributed by atoms with Gasteiger partial charge in [0, 0.05) is 36.3 Å². The molecule has 0 bridgehead atoms. The van der Waals surface area contributed by atoms with Crippen molar-refractivity contribution in [3.8, 4) is 5.75 Å². The van der Waals surface area contributed by atoms with Crippen LogP contribution in [0.25, 0.3) is 0 Å². The zero-order valence-electron chi connectivity index (χ0n) is 14.9. The van der Waals surface area contributed by atoms with Gasteiger partial charge in [0.05, 0.1) is 11.0 Å². The van der Waals surface area contributed by atoms with E-state index in [0.29, 0.717) is 18.2 Å². The van der Waals surface area contributed by atoms with Gasteiger partial charge in [-0.15, -0.1) is 0 Å². The maximum Gasteiger partial charge on any atom is 0.311 e. The van der Waals surface area contributed by atoms with Gasteiger partial charge in [-0.25, -0.2) is 0 Å². The van der Waals surface area contributed by atoms with Gasteiger partial charge in [0.1, 0.15) is 0 Å². The first-order chi connectivity index (χ1) is 11.9. The molecule has 1 heterocycles. The van der Waals surface area contributed by atoms with Gasteiger partial charge in [-0.05, 0) is 52.1 Å². The molecule has 1 N–H and O–H groups in total. The van der Waals surface area contributed by atoms with Crippen LogP contribution in [-0.4, -0.2) is 41.0 Å². The number of nitrogens with zero attached hydrogens (tertiary/aromatic N) is 2. The highest BCUT2D eigenvalue weighted by Gasteiger charge is 2.37. The van der Waals surface area contributed by atoms with Crippen LogP contribution in [-0.2, 0) is 6.54 Å². The zero-order valence-corrected chi connectivity index (χ0v) is 14.9. The van der Waals surface area contributed by atoms with Crippen molar-refractivity contribution in [3.63, 3.8) is 0 Å². The van der Waals surface area contributed by atoms with Crippen molar-refractivity contribution in [1.29, 1.82) is 0 Å². The molecule has 2 aliphatic rings. The smallest absolute Gasteiger partial charge is 0.311 e. The van der Waals surface area contributed by atoms with Crippen molar-refractivity contribution in [1.82, 2.24) is 10.2 Å². The maximum atomic E-state index is 12.9. The van der Waals surface area contributed by atoms with Gasteiger partial charge in [0.2, 0.25) is 0 Å². The number of nitro benzene ring substituents is 1. The molecule has 1 aliphatic heterocycles. The molecule has 1 aromatic rings. The molecule has 0 atom stereocenters. The predicted octanol–water partition coefficient (Wildman–Crippen LogP) is 2.87. The summed E-state index contributed by atoms with van der Waals surface area (Å²) in [5.41, 5.74) is 1.20. The highest BCUT2D eigenvalue weighted by atomic mass is 16.6. The van der Waals surface area contributed by atoms with Crippen LogP contribution in [0.5, 0.6) is 5.75 Å². The van der Waals surface area contributed by atoms with Crippen molar-refractivity contribution in [2.24, 2.45) is 0 Å². The minimum absolute atomic E-state index is 0.0357. The number of amides is 1. The molecule has 7 nitrogen and oxygen atoms in total. The molecule has 25 heavy (non-hydrogen) atoms. The summed E-state index contributed by atoms with van der Waals surface area (Å²) in [7, 11) is 1.97. The van der Waals surface area contributed by atoms with E-state index in [9.17, 15) is 14.9 Å². The lowest BCUT2D eigenvalue weighted by Gasteiger charge is -2.34. The van der Waals surface area contributed by atoms with Crippen LogP contribution in [0.15, 0.2) is 12.1 Å². The average molecular weight is 347 g/mol. The fourth-order valence-corrected chi connectivity index (χ4v) is 3.81. The Bertz CT molecular complexity index is 681. The van der Waals surface area contributed by atoms with Crippen LogP contribution in [0.4, 0.5) is 5.69 Å². The molecule has 1 saturated carbocycles. The lowest BCUT2D eigenvalue weighted by atomic mass is 9.90. The fraction of sp³-hybridized carbons (Fsp3) is 0.611. The van der Waals surface area contributed by atoms with Gasteiger partial charge in [-0.2, -0.15) is 0 Å². The Morgan fingerprint density at radius 2 is 1.96 bits per heavy atom. The summed E-state index contributed by atoms with van der Waals surface area (Å²) >= 11 is 0. The second-order valence-electron chi connectivity index (χ2n) is 7.13. The minimum Gasteiger partial charge on any atom is -0.484 e. The Morgan fingerprint density at radius 1 is 1.28 bits per heavy atom. The normalized spacial score (nSPS) is 23.0. The Kier molecular flexibility index (Phi) is 4.94. The van der Waals surface area contributed by atoms with E-state index in [-0.39, 0.29) is 29.5 Å². The van der Waals surface area contributed by atoms with Crippen molar-refractivity contribution in [2.75, 3.05) is 7.05 Å². The van der Waals surface area contributed by atoms with Crippen LogP contribution >= 0.6 is 0 Å². The number of hydrogen-bond acceptors (Lipinski definition) is 5. The molecule has 1 aliphatic carbocycles. The van der Waals surface area contributed by atoms with E-state index in [1.165, 1.54) is 6.07 Å². The number of benzene rings is 1. The van der Waals surface area contributed by atoms with Gasteiger partial charge in [-0.1, -0.05) is 0 Å². The van der Waals surface area contributed by atoms with E-state index >= 15 is 0 Å². The molecule has 1 aromatic carbocycles. The summed E-state index contributed by atoms with van der Waals surface area (Å²) in [5.74, 6) is 0.138. The predicted molar refractivity (Wildman–Crippen MR) is 93.8 cm³/mol. The Morgan fingerprint density at radius 3 is 2.52 bits per heavy atom. The second-order valence-corrected chi connectivity index (χ2v) is 7.13.